The molecule has 36 heavy (non-hydrogen) atoms. The fourth-order valence-corrected chi connectivity index (χ4v) is 7.71. The van der Waals surface area contributed by atoms with Crippen molar-refractivity contribution in [3.05, 3.63) is 40.8 Å². The summed E-state index contributed by atoms with van der Waals surface area (Å²) in [6.45, 7) is 3.73. The van der Waals surface area contributed by atoms with E-state index < -0.39 is 0 Å². The molecule has 6 nitrogen and oxygen atoms in total. The van der Waals surface area contributed by atoms with Gasteiger partial charge in [0.1, 0.15) is 4.88 Å². The standard InChI is InChI=1S/C29H35N3O3S/c1-35-29(34)24-18-23-28(36-24)26(20-10-4-2-5-11-20)27-21-12-6-7-13-22(21)31(16-17-32(23)27)19-25(33)30-14-8-3-9-15-30/h6-7,12-13,18,20H,2-5,8-11,14-17,19H2,1H3. The van der Waals surface area contributed by atoms with Crippen LogP contribution in [0.5, 0.6) is 0 Å². The smallest absolute Gasteiger partial charge is 0.348 e. The first-order chi connectivity index (χ1) is 17.7. The Morgan fingerprint density at radius 1 is 0.972 bits per heavy atom. The Balaban J connectivity index is 1.45. The highest BCUT2D eigenvalue weighted by atomic mass is 32.1. The van der Waals surface area contributed by atoms with Crippen LogP contribution in [-0.4, -0.2) is 54.6 Å². The first-order valence-electron chi connectivity index (χ1n) is 13.5. The molecule has 0 spiro atoms. The molecule has 3 aliphatic rings. The summed E-state index contributed by atoms with van der Waals surface area (Å²) in [6.07, 6.45) is 9.63. The maximum absolute atomic E-state index is 13.3. The van der Waals surface area contributed by atoms with E-state index in [1.165, 1.54) is 67.2 Å². The van der Waals surface area contributed by atoms with E-state index in [0.717, 1.165) is 50.2 Å². The highest BCUT2D eigenvalue weighted by molar-refractivity contribution is 7.21. The molecule has 4 heterocycles. The van der Waals surface area contributed by atoms with Gasteiger partial charge in [-0.05, 0) is 55.7 Å². The maximum Gasteiger partial charge on any atom is 0.348 e. The lowest BCUT2D eigenvalue weighted by molar-refractivity contribution is -0.130. The minimum Gasteiger partial charge on any atom is -0.465 e. The van der Waals surface area contributed by atoms with Crippen molar-refractivity contribution in [1.82, 2.24) is 9.47 Å². The van der Waals surface area contributed by atoms with Crippen LogP contribution in [0.4, 0.5) is 5.69 Å². The molecule has 1 saturated heterocycles. The number of methoxy groups -OCH3 is 1. The average Bonchev–Trinajstić information content (AvgIpc) is 3.44. The number of hydrogen-bond donors (Lipinski definition) is 0. The topological polar surface area (TPSA) is 54.8 Å². The zero-order valence-corrected chi connectivity index (χ0v) is 21.9. The number of likely N-dealkylation sites (tertiary alicyclic amines) is 1. The molecule has 1 aliphatic carbocycles. The van der Waals surface area contributed by atoms with Gasteiger partial charge in [-0.15, -0.1) is 11.3 Å². The first-order valence-corrected chi connectivity index (χ1v) is 14.3. The molecule has 1 saturated carbocycles. The number of carbonyl (C=O) groups excluding carboxylic acids is 2. The van der Waals surface area contributed by atoms with Crippen molar-refractivity contribution in [3.63, 3.8) is 0 Å². The SMILES string of the molecule is COC(=O)c1cc2c(s1)c(C1CCCCC1)c1n2CCN(CC(=O)N2CCCCC2)c2ccccc2-1. The fraction of sp³-hybridized carbons (Fsp3) is 0.517. The van der Waals surface area contributed by atoms with Crippen LogP contribution in [0.3, 0.4) is 0 Å². The number of nitrogens with zero attached hydrogens (tertiary/aromatic N) is 3. The van der Waals surface area contributed by atoms with Crippen molar-refractivity contribution in [2.75, 3.05) is 38.2 Å². The first kappa shape index (κ1) is 23.6. The zero-order valence-electron chi connectivity index (χ0n) is 21.1. The number of thiophene rings is 1. The largest absolute Gasteiger partial charge is 0.465 e. The number of ether oxygens (including phenoxy) is 1. The third-order valence-electron chi connectivity index (χ3n) is 8.30. The van der Waals surface area contributed by atoms with Gasteiger partial charge in [-0.1, -0.05) is 37.5 Å². The minimum absolute atomic E-state index is 0.234. The average molecular weight is 506 g/mol. The van der Waals surface area contributed by atoms with Gasteiger partial charge in [0.2, 0.25) is 5.91 Å². The number of para-hydroxylation sites is 1. The Hall–Kier alpha value is -2.80. The third kappa shape index (κ3) is 4.11. The number of hydrogen-bond acceptors (Lipinski definition) is 5. The second-order valence-electron chi connectivity index (χ2n) is 10.4. The molecule has 0 radical (unpaired) electrons. The van der Waals surface area contributed by atoms with Crippen LogP contribution < -0.4 is 4.90 Å². The quantitative estimate of drug-likeness (QED) is 0.406. The molecule has 2 aromatic heterocycles. The van der Waals surface area contributed by atoms with Gasteiger partial charge in [0.05, 0.1) is 29.6 Å². The molecule has 6 rings (SSSR count). The van der Waals surface area contributed by atoms with Crippen LogP contribution in [-0.2, 0) is 16.1 Å². The minimum atomic E-state index is -0.261. The van der Waals surface area contributed by atoms with Crippen molar-refractivity contribution < 1.29 is 14.3 Å². The van der Waals surface area contributed by atoms with Crippen molar-refractivity contribution in [2.45, 2.75) is 63.8 Å². The van der Waals surface area contributed by atoms with E-state index in [9.17, 15) is 9.59 Å². The Labute approximate surface area is 216 Å². The normalized spacial score (nSPS) is 18.6. The van der Waals surface area contributed by atoms with E-state index in [1.807, 2.05) is 11.0 Å². The Kier molecular flexibility index (Phi) is 6.50. The third-order valence-corrected chi connectivity index (χ3v) is 9.44. The lowest BCUT2D eigenvalue weighted by Crippen LogP contribution is -2.43. The number of anilines is 1. The van der Waals surface area contributed by atoms with E-state index in [4.69, 9.17) is 4.74 Å². The van der Waals surface area contributed by atoms with Crippen molar-refractivity contribution in [3.8, 4) is 11.3 Å². The monoisotopic (exact) mass is 505 g/mol. The maximum atomic E-state index is 13.3. The van der Waals surface area contributed by atoms with Gasteiger partial charge < -0.3 is 19.1 Å². The van der Waals surface area contributed by atoms with Crippen molar-refractivity contribution in [1.29, 1.82) is 0 Å². The van der Waals surface area contributed by atoms with Crippen LogP contribution in [0, 0.1) is 0 Å². The van der Waals surface area contributed by atoms with Crippen LogP contribution >= 0.6 is 11.3 Å². The predicted octanol–water partition coefficient (Wildman–Crippen LogP) is 6.04. The summed E-state index contributed by atoms with van der Waals surface area (Å²) in [6, 6.07) is 10.6. The summed E-state index contributed by atoms with van der Waals surface area (Å²) in [5.74, 6) is 0.469. The summed E-state index contributed by atoms with van der Waals surface area (Å²) >= 11 is 1.59. The number of aromatic nitrogens is 1. The highest BCUT2D eigenvalue weighted by Crippen LogP contribution is 2.49. The Bertz CT molecular complexity index is 1280. The predicted molar refractivity (Wildman–Crippen MR) is 145 cm³/mol. The van der Waals surface area contributed by atoms with E-state index in [1.54, 1.807) is 11.3 Å². The summed E-state index contributed by atoms with van der Waals surface area (Å²) in [5.41, 5.74) is 6.20. The molecular weight excluding hydrogens is 470 g/mol. The number of carbonyl (C=O) groups is 2. The molecule has 0 atom stereocenters. The molecule has 3 aromatic rings. The second-order valence-corrected chi connectivity index (χ2v) is 11.5. The number of rotatable bonds is 4. The summed E-state index contributed by atoms with van der Waals surface area (Å²) in [4.78, 5) is 30.7. The van der Waals surface area contributed by atoms with E-state index in [-0.39, 0.29) is 11.9 Å². The number of piperidine rings is 1. The van der Waals surface area contributed by atoms with E-state index in [2.05, 4.69) is 33.7 Å². The summed E-state index contributed by atoms with van der Waals surface area (Å²) in [5, 5.41) is 0. The number of benzene rings is 1. The highest BCUT2D eigenvalue weighted by Gasteiger charge is 2.33. The van der Waals surface area contributed by atoms with Gasteiger partial charge in [0.15, 0.2) is 0 Å². The van der Waals surface area contributed by atoms with Gasteiger partial charge in [-0.25, -0.2) is 4.79 Å². The van der Waals surface area contributed by atoms with Crippen LogP contribution in [0.2, 0.25) is 0 Å². The molecule has 2 aliphatic heterocycles. The van der Waals surface area contributed by atoms with E-state index in [0.29, 0.717) is 17.3 Å². The molecule has 0 N–H and O–H groups in total. The summed E-state index contributed by atoms with van der Waals surface area (Å²) in [7, 11) is 1.45. The van der Waals surface area contributed by atoms with Crippen molar-refractivity contribution >= 4 is 39.1 Å². The van der Waals surface area contributed by atoms with Gasteiger partial charge in [0.25, 0.3) is 0 Å². The van der Waals surface area contributed by atoms with Crippen molar-refractivity contribution in [2.24, 2.45) is 0 Å². The molecule has 1 aromatic carbocycles. The van der Waals surface area contributed by atoms with Gasteiger partial charge in [-0.3, -0.25) is 4.79 Å². The van der Waals surface area contributed by atoms with E-state index >= 15 is 0 Å². The Morgan fingerprint density at radius 3 is 2.50 bits per heavy atom. The summed E-state index contributed by atoms with van der Waals surface area (Å²) < 4.78 is 8.74. The van der Waals surface area contributed by atoms with Crippen LogP contribution in [0.25, 0.3) is 21.5 Å². The Morgan fingerprint density at radius 2 is 1.72 bits per heavy atom. The molecule has 0 unspecified atom stereocenters. The zero-order chi connectivity index (χ0) is 24.6. The fourth-order valence-electron chi connectivity index (χ4n) is 6.50. The van der Waals surface area contributed by atoms with Gasteiger partial charge in [0, 0.05) is 37.4 Å². The lowest BCUT2D eigenvalue weighted by Gasteiger charge is -2.31. The molecular formula is C29H35N3O3S. The molecule has 1 amide bonds. The molecule has 190 valence electrons. The second kappa shape index (κ2) is 9.92. The molecule has 0 bridgehead atoms. The van der Waals surface area contributed by atoms with Gasteiger partial charge in [-0.2, -0.15) is 0 Å². The van der Waals surface area contributed by atoms with Gasteiger partial charge >= 0.3 is 5.97 Å². The number of amides is 1. The van der Waals surface area contributed by atoms with Crippen LogP contribution in [0.1, 0.15) is 72.5 Å². The number of fused-ring (bicyclic) bond motifs is 5. The lowest BCUT2D eigenvalue weighted by atomic mass is 9.83. The number of esters is 1. The molecule has 2 fully saturated rings. The molecule has 7 heteroatoms. The van der Waals surface area contributed by atoms with Crippen LogP contribution in [0.15, 0.2) is 30.3 Å².